The van der Waals surface area contributed by atoms with Crippen LogP contribution in [0.1, 0.15) is 25.3 Å². The Bertz CT molecular complexity index is 1620. The van der Waals surface area contributed by atoms with Crippen molar-refractivity contribution < 1.29 is 14.1 Å². The van der Waals surface area contributed by atoms with Gasteiger partial charge < -0.3 is 21.1 Å². The van der Waals surface area contributed by atoms with Gasteiger partial charge in [0.1, 0.15) is 5.82 Å². The summed E-state index contributed by atoms with van der Waals surface area (Å²) in [6, 6.07) is 23.9. The van der Waals surface area contributed by atoms with E-state index < -0.39 is 15.1 Å². The zero-order valence-corrected chi connectivity index (χ0v) is 22.9. The lowest BCUT2D eigenvalue weighted by Gasteiger charge is -2.18. The summed E-state index contributed by atoms with van der Waals surface area (Å²) < 4.78 is 12.2. The molecule has 1 unspecified atom stereocenters. The number of aliphatic hydroxyl groups excluding tert-OH is 1. The lowest BCUT2D eigenvalue weighted by Crippen LogP contribution is -2.27. The molecule has 6 N–H and O–H groups in total. The molecule has 0 aliphatic heterocycles. The standard InChI is InChI=1S/C30H32N6O3S/c1-20(19-37)33-27-26(18-32-29(36-27)35-24-9-6-10-25(17-24)40(2,31)39)21-11-13-23(14-12-21)34-28(38)30(15-16-30)22-7-4-3-5-8-22/h3-14,17-18,20,37H,2,15-16,19H2,1H3,(H2,31,39)(H,34,38)(H2,32,33,35,36)/t20-,40?/m1/s1. The molecule has 10 heteroatoms. The molecule has 1 aliphatic rings. The van der Waals surface area contributed by atoms with Gasteiger partial charge in [0.15, 0.2) is 0 Å². The van der Waals surface area contributed by atoms with Crippen LogP contribution in [0.15, 0.2) is 90.0 Å². The molecule has 0 bridgehead atoms. The first-order chi connectivity index (χ1) is 19.2. The van der Waals surface area contributed by atoms with E-state index in [1.807, 2.05) is 61.5 Å². The largest absolute Gasteiger partial charge is 0.394 e. The summed E-state index contributed by atoms with van der Waals surface area (Å²) in [4.78, 5) is 22.6. The zero-order valence-electron chi connectivity index (χ0n) is 22.1. The van der Waals surface area contributed by atoms with Crippen molar-refractivity contribution in [3.63, 3.8) is 0 Å². The highest BCUT2D eigenvalue weighted by Gasteiger charge is 2.51. The molecule has 1 aromatic heterocycles. The Kier molecular flexibility index (Phi) is 7.57. The average Bonchev–Trinajstić information content (AvgIpc) is 3.76. The van der Waals surface area contributed by atoms with E-state index in [1.165, 1.54) is 0 Å². The first-order valence-electron chi connectivity index (χ1n) is 12.9. The fraction of sp³-hybridized carbons (Fsp3) is 0.200. The number of hydrogen-bond acceptors (Lipinski definition) is 7. The molecular formula is C30H32N6O3S. The maximum Gasteiger partial charge on any atom is 0.235 e. The summed E-state index contributed by atoms with van der Waals surface area (Å²) in [5.41, 5.74) is 3.46. The number of rotatable bonds is 10. The summed E-state index contributed by atoms with van der Waals surface area (Å²) in [5.74, 6) is 4.36. The van der Waals surface area contributed by atoms with Crippen LogP contribution in [-0.4, -0.2) is 43.7 Å². The first-order valence-corrected chi connectivity index (χ1v) is 14.7. The van der Waals surface area contributed by atoms with Crippen molar-refractivity contribution in [3.05, 3.63) is 90.6 Å². The highest BCUT2D eigenvalue weighted by atomic mass is 32.2. The Balaban J connectivity index is 1.37. The molecule has 206 valence electrons. The van der Waals surface area contributed by atoms with E-state index >= 15 is 0 Å². The van der Waals surface area contributed by atoms with Gasteiger partial charge in [0.25, 0.3) is 0 Å². The van der Waals surface area contributed by atoms with E-state index in [2.05, 4.69) is 31.8 Å². The minimum absolute atomic E-state index is 0.00211. The fourth-order valence-corrected chi connectivity index (χ4v) is 5.11. The normalized spacial score (nSPS) is 15.9. The summed E-state index contributed by atoms with van der Waals surface area (Å²) in [5, 5.41) is 24.7. The molecule has 0 saturated heterocycles. The number of aromatic nitrogens is 2. The third-order valence-corrected chi connectivity index (χ3v) is 7.95. The molecule has 1 fully saturated rings. The highest BCUT2D eigenvalue weighted by molar-refractivity contribution is 7.98. The molecule has 0 spiro atoms. The maximum atomic E-state index is 13.1. The molecular weight excluding hydrogens is 524 g/mol. The minimum Gasteiger partial charge on any atom is -0.394 e. The van der Waals surface area contributed by atoms with Gasteiger partial charge in [-0.1, -0.05) is 48.5 Å². The van der Waals surface area contributed by atoms with Crippen molar-refractivity contribution in [2.45, 2.75) is 36.1 Å². The van der Waals surface area contributed by atoms with E-state index in [-0.39, 0.29) is 18.6 Å². The molecule has 1 amide bonds. The van der Waals surface area contributed by atoms with Crippen LogP contribution in [0.2, 0.25) is 0 Å². The number of nitrogens with zero attached hydrogens (tertiary/aromatic N) is 2. The summed E-state index contributed by atoms with van der Waals surface area (Å²) in [6.45, 7) is 1.75. The summed E-state index contributed by atoms with van der Waals surface area (Å²) in [7, 11) is -2.87. The van der Waals surface area contributed by atoms with Crippen LogP contribution in [0.4, 0.5) is 23.1 Å². The van der Waals surface area contributed by atoms with Crippen molar-refractivity contribution in [1.82, 2.24) is 9.97 Å². The van der Waals surface area contributed by atoms with E-state index in [0.717, 1.165) is 29.5 Å². The molecule has 1 aliphatic carbocycles. The third kappa shape index (κ3) is 5.99. The van der Waals surface area contributed by atoms with Crippen LogP contribution < -0.4 is 21.1 Å². The highest BCUT2D eigenvalue weighted by Crippen LogP contribution is 2.49. The first kappa shape index (κ1) is 27.3. The number of nitrogens with two attached hydrogens (primary N) is 1. The summed E-state index contributed by atoms with van der Waals surface area (Å²) >= 11 is 0. The Hall–Kier alpha value is -4.25. The molecule has 2 atom stereocenters. The molecule has 5 rings (SSSR count). The number of carbonyl (C=O) groups excluding carboxylic acids is 1. The number of nitrogens with one attached hydrogen (secondary N) is 3. The predicted octanol–water partition coefficient (Wildman–Crippen LogP) is 4.30. The third-order valence-electron chi connectivity index (χ3n) is 6.90. The molecule has 4 aromatic rings. The second kappa shape index (κ2) is 11.1. The number of benzene rings is 3. The molecule has 40 heavy (non-hydrogen) atoms. The van der Waals surface area contributed by atoms with E-state index in [1.54, 1.807) is 30.5 Å². The molecule has 1 saturated carbocycles. The van der Waals surface area contributed by atoms with Crippen LogP contribution in [-0.2, 0) is 19.9 Å². The number of amides is 1. The monoisotopic (exact) mass is 556 g/mol. The van der Waals surface area contributed by atoms with Gasteiger partial charge in [0.2, 0.25) is 11.9 Å². The number of hydrogen-bond donors (Lipinski definition) is 5. The van der Waals surface area contributed by atoms with Crippen molar-refractivity contribution >= 4 is 44.6 Å². The number of carbonyl (C=O) groups is 1. The van der Waals surface area contributed by atoms with Gasteiger partial charge in [-0.15, -0.1) is 0 Å². The topological polar surface area (TPSA) is 142 Å². The molecule has 3 aromatic carbocycles. The minimum atomic E-state index is -2.87. The van der Waals surface area contributed by atoms with Gasteiger partial charge in [-0.3, -0.25) is 9.93 Å². The Morgan fingerprint density at radius 1 is 1.07 bits per heavy atom. The van der Waals surface area contributed by atoms with Crippen LogP contribution in [0, 0.1) is 0 Å². The molecule has 0 radical (unpaired) electrons. The van der Waals surface area contributed by atoms with Crippen molar-refractivity contribution in [3.8, 4) is 11.1 Å². The molecule has 1 heterocycles. The lowest BCUT2D eigenvalue weighted by molar-refractivity contribution is -0.118. The van der Waals surface area contributed by atoms with Crippen molar-refractivity contribution in [2.24, 2.45) is 5.14 Å². The maximum absolute atomic E-state index is 13.1. The van der Waals surface area contributed by atoms with Crippen molar-refractivity contribution in [1.29, 1.82) is 0 Å². The Morgan fingerprint density at radius 3 is 2.45 bits per heavy atom. The van der Waals surface area contributed by atoms with Crippen LogP contribution >= 0.6 is 0 Å². The average molecular weight is 557 g/mol. The van der Waals surface area contributed by atoms with Gasteiger partial charge in [0.05, 0.1) is 21.7 Å². The smallest absolute Gasteiger partial charge is 0.235 e. The Morgan fingerprint density at radius 2 is 1.80 bits per heavy atom. The van der Waals surface area contributed by atoms with Gasteiger partial charge in [0, 0.05) is 34.1 Å². The van der Waals surface area contributed by atoms with Gasteiger partial charge in [-0.2, -0.15) is 4.98 Å². The predicted molar refractivity (Wildman–Crippen MR) is 161 cm³/mol. The summed E-state index contributed by atoms with van der Waals surface area (Å²) in [6.07, 6.45) is 3.35. The van der Waals surface area contributed by atoms with Gasteiger partial charge in [-0.25, -0.2) is 9.19 Å². The van der Waals surface area contributed by atoms with Crippen LogP contribution in [0.5, 0.6) is 0 Å². The quantitative estimate of drug-likeness (QED) is 0.183. The number of aliphatic hydroxyl groups is 1. The van der Waals surface area contributed by atoms with Gasteiger partial charge in [-0.05, 0) is 67.1 Å². The number of anilines is 4. The second-order valence-electron chi connectivity index (χ2n) is 10.0. The fourth-order valence-electron chi connectivity index (χ4n) is 4.47. The SMILES string of the molecule is C=S(N)(=O)c1cccc(Nc2ncc(-c3ccc(NC(=O)C4(c5ccccc5)CC4)cc3)c(N[C@H](C)CO)n2)c1. The van der Waals surface area contributed by atoms with Crippen LogP contribution in [0.25, 0.3) is 11.1 Å². The zero-order chi connectivity index (χ0) is 28.3. The van der Waals surface area contributed by atoms with E-state index in [4.69, 9.17) is 5.14 Å². The van der Waals surface area contributed by atoms with E-state index in [9.17, 15) is 14.1 Å². The second-order valence-corrected chi connectivity index (χ2v) is 12.0. The molecule has 9 nitrogen and oxygen atoms in total. The van der Waals surface area contributed by atoms with Crippen LogP contribution in [0.3, 0.4) is 0 Å². The lowest BCUT2D eigenvalue weighted by atomic mass is 9.95. The van der Waals surface area contributed by atoms with Gasteiger partial charge >= 0.3 is 0 Å². The Labute approximate surface area is 234 Å². The van der Waals surface area contributed by atoms with E-state index in [0.29, 0.717) is 28.0 Å². The van der Waals surface area contributed by atoms with Crippen molar-refractivity contribution in [2.75, 3.05) is 22.6 Å².